The first-order chi connectivity index (χ1) is 24.2. The molecule has 7 aromatic carbocycles. The van der Waals surface area contributed by atoms with Crippen molar-refractivity contribution in [1.82, 2.24) is 9.13 Å². The number of fused-ring (bicyclic) bond motifs is 9. The molecule has 49 heavy (non-hydrogen) atoms. The molecule has 0 radical (unpaired) electrons. The Morgan fingerprint density at radius 1 is 0.429 bits per heavy atom. The third-order valence-corrected chi connectivity index (χ3v) is 9.80. The number of hydrogen-bond donors (Lipinski definition) is 0. The third kappa shape index (κ3) is 3.79. The van der Waals surface area contributed by atoms with Crippen molar-refractivity contribution < 1.29 is 4.42 Å². The Morgan fingerprint density at radius 2 is 1.04 bits per heavy atom. The van der Waals surface area contributed by atoms with Crippen molar-refractivity contribution in [2.45, 2.75) is 0 Å². The zero-order valence-electron chi connectivity index (χ0n) is 26.1. The van der Waals surface area contributed by atoms with Crippen LogP contribution in [-0.2, 0) is 0 Å². The maximum atomic E-state index is 10.5. The predicted octanol–water partition coefficient (Wildman–Crippen LogP) is 11.2. The number of rotatable bonds is 3. The van der Waals surface area contributed by atoms with Crippen molar-refractivity contribution in [3.05, 3.63) is 157 Å². The lowest BCUT2D eigenvalue weighted by molar-refractivity contribution is 0.669. The van der Waals surface area contributed by atoms with E-state index in [1.54, 1.807) is 0 Å². The van der Waals surface area contributed by atoms with E-state index in [0.29, 0.717) is 11.1 Å². The van der Waals surface area contributed by atoms with Gasteiger partial charge in [0.25, 0.3) is 0 Å². The van der Waals surface area contributed by atoms with Crippen molar-refractivity contribution in [2.75, 3.05) is 0 Å². The fourth-order valence-electron chi connectivity index (χ4n) is 7.70. The van der Waals surface area contributed by atoms with E-state index >= 15 is 0 Å². The summed E-state index contributed by atoms with van der Waals surface area (Å²) in [6.07, 6.45) is 0. The molecule has 3 heterocycles. The molecule has 10 rings (SSSR count). The van der Waals surface area contributed by atoms with Gasteiger partial charge in [-0.05, 0) is 60.2 Å². The van der Waals surface area contributed by atoms with Crippen LogP contribution in [0.15, 0.2) is 150 Å². The summed E-state index contributed by atoms with van der Waals surface area (Å²) in [7, 11) is 0. The first-order valence-corrected chi connectivity index (χ1v) is 16.1. The lowest BCUT2D eigenvalue weighted by Crippen LogP contribution is -2.02. The summed E-state index contributed by atoms with van der Waals surface area (Å²) in [5, 5.41) is 27.4. The Labute approximate surface area is 280 Å². The van der Waals surface area contributed by atoms with Gasteiger partial charge in [-0.15, -0.1) is 0 Å². The van der Waals surface area contributed by atoms with Crippen LogP contribution < -0.4 is 0 Å². The highest BCUT2D eigenvalue weighted by atomic mass is 16.3. The molecule has 0 amide bonds. The van der Waals surface area contributed by atoms with E-state index in [1.807, 2.05) is 66.7 Å². The molecule has 0 saturated carbocycles. The van der Waals surface area contributed by atoms with Gasteiger partial charge in [-0.2, -0.15) is 10.5 Å². The van der Waals surface area contributed by atoms with Crippen LogP contribution in [0, 0.1) is 22.7 Å². The second-order valence-electron chi connectivity index (χ2n) is 12.3. The Morgan fingerprint density at radius 3 is 1.73 bits per heavy atom. The Bertz CT molecular complexity index is 3030. The van der Waals surface area contributed by atoms with Gasteiger partial charge in [0.15, 0.2) is 0 Å². The van der Waals surface area contributed by atoms with Crippen molar-refractivity contribution in [2.24, 2.45) is 0 Å². The van der Waals surface area contributed by atoms with Gasteiger partial charge < -0.3 is 13.6 Å². The molecule has 0 N–H and O–H groups in total. The molecule has 0 saturated heterocycles. The van der Waals surface area contributed by atoms with E-state index in [1.165, 1.54) is 0 Å². The van der Waals surface area contributed by atoms with Gasteiger partial charge in [0.2, 0.25) is 0 Å². The molecule has 0 spiro atoms. The third-order valence-electron chi connectivity index (χ3n) is 9.80. The van der Waals surface area contributed by atoms with E-state index < -0.39 is 0 Å². The highest BCUT2D eigenvalue weighted by molar-refractivity contribution is 6.17. The normalized spacial score (nSPS) is 11.6. The van der Waals surface area contributed by atoms with Gasteiger partial charge in [0.1, 0.15) is 23.3 Å². The van der Waals surface area contributed by atoms with E-state index in [2.05, 4.69) is 100 Å². The van der Waals surface area contributed by atoms with Crippen LogP contribution in [0.1, 0.15) is 11.1 Å². The number of para-hydroxylation sites is 5. The molecule has 0 atom stereocenters. The van der Waals surface area contributed by atoms with Crippen LogP contribution >= 0.6 is 0 Å². The minimum atomic E-state index is 0.554. The van der Waals surface area contributed by atoms with Crippen LogP contribution in [0.5, 0.6) is 0 Å². The Hall–Kier alpha value is -7.08. The zero-order valence-corrected chi connectivity index (χ0v) is 26.1. The summed E-state index contributed by atoms with van der Waals surface area (Å²) in [5.74, 6) is 0. The standard InChI is InChI=1S/C44H24N4O/c45-25-28-21-20-27(30-15-9-10-29(26-46)44(30)48-38-17-6-1-11-31(38)32-12-2-7-18-39(32)48)22-40(28)47-37-16-5-3-13-33(37)35-24-43-36(23-41(35)47)34-14-4-8-19-42(34)49-43/h1-24H. The van der Waals surface area contributed by atoms with Crippen LogP contribution in [-0.4, -0.2) is 9.13 Å². The minimum absolute atomic E-state index is 0.554. The van der Waals surface area contributed by atoms with E-state index in [4.69, 9.17) is 4.42 Å². The van der Waals surface area contributed by atoms with Gasteiger partial charge in [-0.25, -0.2) is 0 Å². The van der Waals surface area contributed by atoms with Crippen LogP contribution in [0.25, 0.3) is 88.1 Å². The molecule has 5 nitrogen and oxygen atoms in total. The van der Waals surface area contributed by atoms with Gasteiger partial charge in [0.05, 0.1) is 44.6 Å². The molecule has 0 bridgehead atoms. The maximum absolute atomic E-state index is 10.5. The van der Waals surface area contributed by atoms with Crippen LogP contribution in [0.2, 0.25) is 0 Å². The monoisotopic (exact) mass is 624 g/mol. The van der Waals surface area contributed by atoms with E-state index in [-0.39, 0.29) is 0 Å². The van der Waals surface area contributed by atoms with Crippen molar-refractivity contribution in [3.8, 4) is 34.6 Å². The second-order valence-corrected chi connectivity index (χ2v) is 12.3. The number of aromatic nitrogens is 2. The molecular weight excluding hydrogens is 601 g/mol. The van der Waals surface area contributed by atoms with Gasteiger partial charge in [0, 0.05) is 37.9 Å². The van der Waals surface area contributed by atoms with E-state index in [9.17, 15) is 10.5 Å². The molecule has 10 aromatic rings. The summed E-state index contributed by atoms with van der Waals surface area (Å²) in [5.41, 5.74) is 10.2. The number of nitriles is 2. The summed E-state index contributed by atoms with van der Waals surface area (Å²) in [4.78, 5) is 0. The fourth-order valence-corrected chi connectivity index (χ4v) is 7.70. The summed E-state index contributed by atoms with van der Waals surface area (Å²) in [6.45, 7) is 0. The van der Waals surface area contributed by atoms with Crippen molar-refractivity contribution in [3.63, 3.8) is 0 Å². The minimum Gasteiger partial charge on any atom is -0.456 e. The molecule has 226 valence electrons. The highest BCUT2D eigenvalue weighted by Crippen LogP contribution is 2.41. The first kappa shape index (κ1) is 27.1. The van der Waals surface area contributed by atoms with Gasteiger partial charge in [-0.3, -0.25) is 0 Å². The van der Waals surface area contributed by atoms with Gasteiger partial charge >= 0.3 is 0 Å². The molecule has 0 aliphatic heterocycles. The average Bonchev–Trinajstić information content (AvgIpc) is 3.80. The molecule has 0 aliphatic carbocycles. The quantitative estimate of drug-likeness (QED) is 0.196. The SMILES string of the molecule is N#Cc1ccc(-c2cccc(C#N)c2-n2c3ccccc3c3ccccc32)cc1-n1c2ccccc2c2cc3oc4ccccc4c3cc21. The fraction of sp³-hybridized carbons (Fsp3) is 0. The number of benzene rings is 7. The molecular formula is C44H24N4O. The number of nitrogens with zero attached hydrogens (tertiary/aromatic N) is 4. The second kappa shape index (κ2) is 10.2. The lowest BCUT2D eigenvalue weighted by Gasteiger charge is -2.17. The van der Waals surface area contributed by atoms with Crippen LogP contribution in [0.4, 0.5) is 0 Å². The Kier molecular flexibility index (Phi) is 5.64. The largest absolute Gasteiger partial charge is 0.456 e. The van der Waals surface area contributed by atoms with Crippen LogP contribution in [0.3, 0.4) is 0 Å². The zero-order chi connectivity index (χ0) is 32.6. The topological polar surface area (TPSA) is 70.6 Å². The molecule has 0 aliphatic rings. The van der Waals surface area contributed by atoms with Crippen molar-refractivity contribution in [1.29, 1.82) is 10.5 Å². The Balaban J connectivity index is 1.29. The van der Waals surface area contributed by atoms with E-state index in [0.717, 1.165) is 88.1 Å². The summed E-state index contributed by atoms with van der Waals surface area (Å²) >= 11 is 0. The first-order valence-electron chi connectivity index (χ1n) is 16.1. The van der Waals surface area contributed by atoms with Crippen molar-refractivity contribution >= 4 is 65.6 Å². The lowest BCUT2D eigenvalue weighted by atomic mass is 9.97. The molecule has 0 unspecified atom stereocenters. The molecule has 3 aromatic heterocycles. The maximum Gasteiger partial charge on any atom is 0.136 e. The summed E-state index contributed by atoms with van der Waals surface area (Å²) < 4.78 is 10.7. The molecule has 0 fully saturated rings. The molecule has 5 heteroatoms. The average molecular weight is 625 g/mol. The number of hydrogen-bond acceptors (Lipinski definition) is 3. The number of furan rings is 1. The summed E-state index contributed by atoms with van der Waals surface area (Å²) in [6, 6.07) is 54.1. The van der Waals surface area contributed by atoms with Gasteiger partial charge in [-0.1, -0.05) is 91.0 Å². The highest BCUT2D eigenvalue weighted by Gasteiger charge is 2.22. The predicted molar refractivity (Wildman–Crippen MR) is 197 cm³/mol. The smallest absolute Gasteiger partial charge is 0.136 e.